The van der Waals surface area contributed by atoms with Gasteiger partial charge < -0.3 is 19.3 Å². The van der Waals surface area contributed by atoms with Crippen molar-refractivity contribution >= 4 is 0 Å². The van der Waals surface area contributed by atoms with Crippen molar-refractivity contribution in [1.82, 2.24) is 0 Å². The van der Waals surface area contributed by atoms with Crippen molar-refractivity contribution < 1.29 is 41.2 Å². The first kappa shape index (κ1) is 7.43. The van der Waals surface area contributed by atoms with Crippen LogP contribution in [0.1, 0.15) is 57.9 Å². The second-order valence-corrected chi connectivity index (χ2v) is 5.37. The molecule has 0 spiro atoms. The number of ether oxygens (including phenoxy) is 3. The van der Waals surface area contributed by atoms with Crippen molar-refractivity contribution in [2.24, 2.45) is 0 Å². The van der Waals surface area contributed by atoms with Crippen molar-refractivity contribution in [2.75, 3.05) is 20.6 Å². The molecule has 1 atom stereocenters. The second-order valence-electron chi connectivity index (χ2n) is 5.37. The molecule has 1 N–H and O–H groups in total. The van der Waals surface area contributed by atoms with E-state index in [1.165, 1.54) is 13.8 Å². The summed E-state index contributed by atoms with van der Waals surface area (Å²) < 4.78 is 140. The maximum atomic E-state index is 10.5. The largest absolute Gasteiger partial charge is 0.493 e. The van der Waals surface area contributed by atoms with Gasteiger partial charge in [-0.1, -0.05) is 18.5 Å². The Balaban J connectivity index is 2.35. The zero-order valence-electron chi connectivity index (χ0n) is 30.4. The van der Waals surface area contributed by atoms with Gasteiger partial charge in [-0.15, -0.1) is 0 Å². The van der Waals surface area contributed by atoms with E-state index in [4.69, 9.17) is 26.7 Å². The molecule has 2 aromatic carbocycles. The fourth-order valence-electron chi connectivity index (χ4n) is 1.89. The Morgan fingerprint density at radius 1 is 1.04 bits per heavy atom. The Morgan fingerprint density at radius 3 is 2.65 bits per heavy atom. The molecule has 4 nitrogen and oxygen atoms in total. The summed E-state index contributed by atoms with van der Waals surface area (Å²) in [5.41, 5.74) is -0.188. The predicted octanol–water partition coefficient (Wildman–Crippen LogP) is 4.47. The first-order valence-electron chi connectivity index (χ1n) is 15.8. The average molecular weight is 375 g/mol. The Hall–Kier alpha value is -2.20. The SMILES string of the molecule is [2H]c1c([2H])c(OC([2H])([2H])C(O)CCCC([2H])([2H])c2c([2H])c([2H])c(OC([2H])([2H])[2H])c(OC([2H])([2H])[2H])c2[2H])c([2H])c(C)c1C. The molecule has 4 heteroatoms. The van der Waals surface area contributed by atoms with Gasteiger partial charge >= 0.3 is 0 Å². The Morgan fingerprint density at radius 2 is 1.85 bits per heavy atom. The zero-order chi connectivity index (χ0) is 32.7. The molecule has 0 bridgehead atoms. The number of rotatable bonds is 10. The van der Waals surface area contributed by atoms with E-state index in [0.717, 1.165) is 0 Å². The number of hydrogen-bond acceptors (Lipinski definition) is 4. The van der Waals surface area contributed by atoms with E-state index < -0.39 is 92.9 Å². The minimum Gasteiger partial charge on any atom is -0.493 e. The quantitative estimate of drug-likeness (QED) is 0.666. The molecular weight excluding hydrogens is 328 g/mol. The number of aliphatic hydroxyl groups excluding tert-OH is 1. The molecule has 0 fully saturated rings. The molecule has 0 saturated carbocycles. The second kappa shape index (κ2) is 10.1. The van der Waals surface area contributed by atoms with Crippen LogP contribution in [0.5, 0.6) is 17.2 Å². The van der Waals surface area contributed by atoms with E-state index in [9.17, 15) is 5.11 Å². The van der Waals surface area contributed by atoms with Gasteiger partial charge in [0.25, 0.3) is 0 Å². The first-order chi connectivity index (χ1) is 18.8. The van der Waals surface area contributed by atoms with Gasteiger partial charge in [-0.2, -0.15) is 0 Å². The molecule has 0 radical (unpaired) electrons. The third-order valence-electron chi connectivity index (χ3n) is 3.43. The van der Waals surface area contributed by atoms with E-state index in [0.29, 0.717) is 5.56 Å². The van der Waals surface area contributed by atoms with Crippen molar-refractivity contribution in [3.8, 4) is 17.2 Å². The van der Waals surface area contributed by atoms with E-state index in [2.05, 4.69) is 9.47 Å². The van der Waals surface area contributed by atoms with E-state index in [1.54, 1.807) is 0 Å². The van der Waals surface area contributed by atoms with Gasteiger partial charge in [0.15, 0.2) is 11.5 Å². The molecule has 0 aliphatic rings. The molecule has 2 rings (SSSR count). The van der Waals surface area contributed by atoms with E-state index in [1.807, 2.05) is 0 Å². The Kier molecular flexibility index (Phi) is 2.88. The number of benzene rings is 2. The van der Waals surface area contributed by atoms with Crippen molar-refractivity contribution in [1.29, 1.82) is 0 Å². The first-order valence-corrected chi connectivity index (χ1v) is 7.78. The van der Waals surface area contributed by atoms with Gasteiger partial charge in [0.05, 0.1) is 39.4 Å². The maximum absolute atomic E-state index is 10.5. The zero-order valence-corrected chi connectivity index (χ0v) is 14.4. The van der Waals surface area contributed by atoms with Crippen LogP contribution in [-0.2, 0) is 6.37 Å². The van der Waals surface area contributed by atoms with Crippen LogP contribution in [0.15, 0.2) is 36.3 Å². The van der Waals surface area contributed by atoms with Crippen molar-refractivity contribution in [3.05, 3.63) is 52.9 Å². The molecule has 0 aromatic heterocycles. The van der Waals surface area contributed by atoms with Crippen LogP contribution in [0.4, 0.5) is 0 Å². The van der Waals surface area contributed by atoms with Crippen LogP contribution < -0.4 is 14.2 Å². The number of aliphatic hydroxyl groups is 1. The molecular formula is C22H30O4. The third-order valence-corrected chi connectivity index (χ3v) is 3.43. The maximum Gasteiger partial charge on any atom is 0.160 e. The molecule has 0 aliphatic heterocycles. The van der Waals surface area contributed by atoms with Crippen LogP contribution in [-0.4, -0.2) is 31.8 Å². The summed E-state index contributed by atoms with van der Waals surface area (Å²) >= 11 is 0. The fraction of sp³-hybridized carbons (Fsp3) is 0.455. The summed E-state index contributed by atoms with van der Waals surface area (Å²) in [5, 5.41) is 10.5. The van der Waals surface area contributed by atoms with E-state index in [-0.39, 0.29) is 24.1 Å². The van der Waals surface area contributed by atoms with Gasteiger partial charge in [0, 0.05) is 2.74 Å². The Labute approximate surface area is 179 Å². The van der Waals surface area contributed by atoms with Crippen LogP contribution >= 0.6 is 0 Å². The number of hydrogen-bond donors (Lipinski definition) is 1. The van der Waals surface area contributed by atoms with Crippen LogP contribution in [0, 0.1) is 13.8 Å². The summed E-state index contributed by atoms with van der Waals surface area (Å²) in [4.78, 5) is 0. The van der Waals surface area contributed by atoms with Gasteiger partial charge in [-0.3, -0.25) is 0 Å². The summed E-state index contributed by atoms with van der Waals surface area (Å²) in [6.07, 6.45) is -5.93. The Bertz CT molecular complexity index is 1290. The van der Waals surface area contributed by atoms with Gasteiger partial charge in [0.2, 0.25) is 0 Å². The lowest BCUT2D eigenvalue weighted by Crippen LogP contribution is -2.17. The smallest absolute Gasteiger partial charge is 0.160 e. The molecule has 0 saturated heterocycles. The van der Waals surface area contributed by atoms with Gasteiger partial charge in [-0.25, -0.2) is 0 Å². The van der Waals surface area contributed by atoms with Crippen molar-refractivity contribution in [3.63, 3.8) is 0 Å². The minimum absolute atomic E-state index is 0.278. The molecule has 2 aromatic rings. The molecule has 0 aliphatic carbocycles. The lowest BCUT2D eigenvalue weighted by Gasteiger charge is -2.13. The van der Waals surface area contributed by atoms with Gasteiger partial charge in [0.1, 0.15) is 12.3 Å². The summed E-state index contributed by atoms with van der Waals surface area (Å²) in [7, 11) is -6.48. The standard InChI is InChI=1S/C22H30O4/c1-16-9-11-20(13-17(16)2)26-15-19(23)8-6-5-7-18-10-12-21(24-3)22(14-18)25-4/h9-14,19,23H,5-8,15H2,1-4H3/i3D3,4D3,7D2,9D,10D,11D,12D,13D,14D,15D2. The highest BCUT2D eigenvalue weighted by Gasteiger charge is 2.07. The van der Waals surface area contributed by atoms with Crippen LogP contribution in [0.2, 0.25) is 0 Å². The highest BCUT2D eigenvalue weighted by molar-refractivity contribution is 5.42. The summed E-state index contributed by atoms with van der Waals surface area (Å²) in [6.45, 7) is 0.141. The topological polar surface area (TPSA) is 47.9 Å². The minimum atomic E-state index is -3.26. The summed E-state index contributed by atoms with van der Waals surface area (Å²) in [5.74, 6) is -2.68. The lowest BCUT2D eigenvalue weighted by molar-refractivity contribution is 0.0976. The van der Waals surface area contributed by atoms with E-state index >= 15 is 0 Å². The highest BCUT2D eigenvalue weighted by atomic mass is 16.5. The fourth-order valence-corrected chi connectivity index (χ4v) is 1.89. The predicted molar refractivity (Wildman–Crippen MR) is 105 cm³/mol. The average Bonchev–Trinajstić information content (AvgIpc) is 2.83. The summed E-state index contributed by atoms with van der Waals surface area (Å²) in [6, 6.07) is -4.20. The monoisotopic (exact) mass is 374 g/mol. The molecule has 0 heterocycles. The highest BCUT2D eigenvalue weighted by Crippen LogP contribution is 2.28. The lowest BCUT2D eigenvalue weighted by atomic mass is 10.0. The van der Waals surface area contributed by atoms with Crippen molar-refractivity contribution in [2.45, 2.75) is 45.6 Å². The van der Waals surface area contributed by atoms with Gasteiger partial charge in [-0.05, 0) is 73.9 Å². The molecule has 1 unspecified atom stereocenters. The number of methoxy groups -OCH3 is 2. The van der Waals surface area contributed by atoms with Crippen LogP contribution in [0.3, 0.4) is 0 Å². The molecule has 26 heavy (non-hydrogen) atoms. The van der Waals surface area contributed by atoms with Crippen LogP contribution in [0.25, 0.3) is 0 Å². The molecule has 0 amide bonds. The third kappa shape index (κ3) is 5.95. The molecule has 142 valence electrons. The normalized spacial score (nSPS) is 22.9.